The smallest absolute Gasteiger partial charge is 0.282 e. The Morgan fingerprint density at radius 2 is 2.00 bits per heavy atom. The highest BCUT2D eigenvalue weighted by molar-refractivity contribution is 7.85. The van der Waals surface area contributed by atoms with Gasteiger partial charge in [-0.05, 0) is 35.2 Å². The van der Waals surface area contributed by atoms with Crippen LogP contribution in [0.25, 0.3) is 10.4 Å². The van der Waals surface area contributed by atoms with Crippen molar-refractivity contribution in [2.45, 2.75) is 4.90 Å². The van der Waals surface area contributed by atoms with E-state index in [1.165, 1.54) is 23.5 Å². The maximum Gasteiger partial charge on any atom is 0.294 e. The summed E-state index contributed by atoms with van der Waals surface area (Å²) in [6.07, 6.45) is 0. The molecule has 3 nitrogen and oxygen atoms in total. The first-order chi connectivity index (χ1) is 7.47. The van der Waals surface area contributed by atoms with Gasteiger partial charge in [-0.25, -0.2) is 4.39 Å². The SMILES string of the molecule is O=S(=O)(O)c1cc(F)cc(-c2cccs2)c1. The zero-order valence-electron chi connectivity index (χ0n) is 7.92. The third-order valence-electron chi connectivity index (χ3n) is 1.97. The van der Waals surface area contributed by atoms with Crippen molar-refractivity contribution in [3.63, 3.8) is 0 Å². The topological polar surface area (TPSA) is 54.4 Å². The Morgan fingerprint density at radius 3 is 2.56 bits per heavy atom. The van der Waals surface area contributed by atoms with E-state index in [0.29, 0.717) is 5.56 Å². The van der Waals surface area contributed by atoms with Gasteiger partial charge in [0.05, 0.1) is 4.90 Å². The highest BCUT2D eigenvalue weighted by Gasteiger charge is 2.13. The van der Waals surface area contributed by atoms with E-state index in [2.05, 4.69) is 0 Å². The van der Waals surface area contributed by atoms with E-state index in [0.717, 1.165) is 10.9 Å². The second-order valence-electron chi connectivity index (χ2n) is 3.13. The molecule has 0 amide bonds. The van der Waals surface area contributed by atoms with E-state index in [4.69, 9.17) is 4.55 Å². The van der Waals surface area contributed by atoms with Crippen molar-refractivity contribution < 1.29 is 17.4 Å². The first kappa shape index (κ1) is 11.3. The second-order valence-corrected chi connectivity index (χ2v) is 5.50. The monoisotopic (exact) mass is 258 g/mol. The number of benzene rings is 1. The lowest BCUT2D eigenvalue weighted by Crippen LogP contribution is -1.98. The van der Waals surface area contributed by atoms with Gasteiger partial charge in [0.1, 0.15) is 5.82 Å². The van der Waals surface area contributed by atoms with Crippen molar-refractivity contribution >= 4 is 21.5 Å². The molecule has 0 atom stereocenters. The normalized spacial score (nSPS) is 11.6. The fourth-order valence-corrected chi connectivity index (χ4v) is 2.55. The van der Waals surface area contributed by atoms with Crippen molar-refractivity contribution in [2.24, 2.45) is 0 Å². The Labute approximate surface area is 95.9 Å². The molecule has 0 fully saturated rings. The Bertz CT molecular complexity index is 603. The Balaban J connectivity index is 2.62. The number of rotatable bonds is 2. The van der Waals surface area contributed by atoms with E-state index in [1.807, 2.05) is 0 Å². The van der Waals surface area contributed by atoms with Crippen LogP contribution in [0.5, 0.6) is 0 Å². The summed E-state index contributed by atoms with van der Waals surface area (Å²) >= 11 is 1.36. The average Bonchev–Trinajstić information content (AvgIpc) is 2.68. The Kier molecular flexibility index (Phi) is 2.79. The fourth-order valence-electron chi connectivity index (χ4n) is 1.30. The molecule has 16 heavy (non-hydrogen) atoms. The molecule has 1 N–H and O–H groups in total. The van der Waals surface area contributed by atoms with Gasteiger partial charge in [-0.1, -0.05) is 6.07 Å². The molecule has 84 valence electrons. The molecule has 0 radical (unpaired) electrons. The van der Waals surface area contributed by atoms with E-state index in [1.54, 1.807) is 17.5 Å². The van der Waals surface area contributed by atoms with Crippen molar-refractivity contribution in [2.75, 3.05) is 0 Å². The number of halogens is 1. The minimum atomic E-state index is -4.37. The first-order valence-corrected chi connectivity index (χ1v) is 6.61. The Hall–Kier alpha value is -1.24. The summed E-state index contributed by atoms with van der Waals surface area (Å²) in [6.45, 7) is 0. The summed E-state index contributed by atoms with van der Waals surface area (Å²) in [5, 5.41) is 1.80. The predicted molar refractivity (Wildman–Crippen MR) is 59.5 cm³/mol. The standard InChI is InChI=1S/C10H7FO3S2/c11-8-4-7(10-2-1-3-15-10)5-9(6-8)16(12,13)14/h1-6H,(H,12,13,14). The summed E-state index contributed by atoms with van der Waals surface area (Å²) in [5.41, 5.74) is 0.433. The van der Waals surface area contributed by atoms with Crippen molar-refractivity contribution in [3.8, 4) is 10.4 Å². The van der Waals surface area contributed by atoms with Gasteiger partial charge in [-0.2, -0.15) is 8.42 Å². The van der Waals surface area contributed by atoms with Crippen LogP contribution in [-0.4, -0.2) is 13.0 Å². The summed E-state index contributed by atoms with van der Waals surface area (Å²) in [6, 6.07) is 6.77. The largest absolute Gasteiger partial charge is 0.294 e. The molecule has 0 aliphatic carbocycles. The van der Waals surface area contributed by atoms with Gasteiger partial charge in [0.25, 0.3) is 10.1 Å². The van der Waals surface area contributed by atoms with Crippen LogP contribution < -0.4 is 0 Å². The maximum absolute atomic E-state index is 13.2. The van der Waals surface area contributed by atoms with E-state index < -0.39 is 20.8 Å². The second kappa shape index (κ2) is 3.97. The lowest BCUT2D eigenvalue weighted by Gasteiger charge is -2.02. The molecule has 6 heteroatoms. The highest BCUT2D eigenvalue weighted by atomic mass is 32.2. The summed E-state index contributed by atoms with van der Waals surface area (Å²) in [4.78, 5) is 0.306. The molecule has 1 heterocycles. The molecular formula is C10H7FO3S2. The predicted octanol–water partition coefficient (Wildman–Crippen LogP) is 2.80. The van der Waals surface area contributed by atoms with Crippen LogP contribution in [-0.2, 0) is 10.1 Å². The molecule has 0 bridgehead atoms. The lowest BCUT2D eigenvalue weighted by atomic mass is 10.2. The molecule has 0 aliphatic heterocycles. The van der Waals surface area contributed by atoms with Crippen molar-refractivity contribution in [1.82, 2.24) is 0 Å². The summed E-state index contributed by atoms with van der Waals surface area (Å²) < 4.78 is 43.8. The molecule has 2 aromatic rings. The zero-order valence-corrected chi connectivity index (χ0v) is 9.56. The molecule has 0 spiro atoms. The quantitative estimate of drug-likeness (QED) is 0.843. The Morgan fingerprint density at radius 1 is 1.25 bits per heavy atom. The van der Waals surface area contributed by atoms with Crippen LogP contribution in [0.3, 0.4) is 0 Å². The average molecular weight is 258 g/mol. The van der Waals surface area contributed by atoms with Gasteiger partial charge in [0.15, 0.2) is 0 Å². The number of hydrogen-bond acceptors (Lipinski definition) is 3. The van der Waals surface area contributed by atoms with Crippen LogP contribution in [0.2, 0.25) is 0 Å². The molecular weight excluding hydrogens is 251 g/mol. The van der Waals surface area contributed by atoms with Gasteiger partial charge < -0.3 is 0 Å². The molecule has 0 saturated carbocycles. The molecule has 0 aliphatic rings. The molecule has 2 rings (SSSR count). The first-order valence-electron chi connectivity index (χ1n) is 4.29. The molecule has 1 aromatic carbocycles. The van der Waals surface area contributed by atoms with Gasteiger partial charge in [-0.3, -0.25) is 4.55 Å². The van der Waals surface area contributed by atoms with Gasteiger partial charge >= 0.3 is 0 Å². The fraction of sp³-hybridized carbons (Fsp3) is 0. The van der Waals surface area contributed by atoms with Gasteiger partial charge in [0, 0.05) is 4.88 Å². The summed E-state index contributed by atoms with van der Waals surface area (Å²) in [7, 11) is -4.37. The molecule has 0 saturated heterocycles. The minimum Gasteiger partial charge on any atom is -0.282 e. The van der Waals surface area contributed by atoms with E-state index >= 15 is 0 Å². The van der Waals surface area contributed by atoms with Crippen molar-refractivity contribution in [3.05, 3.63) is 41.5 Å². The van der Waals surface area contributed by atoms with Crippen LogP contribution >= 0.6 is 11.3 Å². The van der Waals surface area contributed by atoms with Crippen molar-refractivity contribution in [1.29, 1.82) is 0 Å². The highest BCUT2D eigenvalue weighted by Crippen LogP contribution is 2.27. The number of thiophene rings is 1. The third kappa shape index (κ3) is 2.29. The zero-order chi connectivity index (χ0) is 11.8. The molecule has 1 aromatic heterocycles. The lowest BCUT2D eigenvalue weighted by molar-refractivity contribution is 0.482. The van der Waals surface area contributed by atoms with E-state index in [-0.39, 0.29) is 0 Å². The van der Waals surface area contributed by atoms with E-state index in [9.17, 15) is 12.8 Å². The summed E-state index contributed by atoms with van der Waals surface area (Å²) in [5.74, 6) is -0.696. The van der Waals surface area contributed by atoms with Crippen LogP contribution in [0, 0.1) is 5.82 Å². The van der Waals surface area contributed by atoms with Crippen LogP contribution in [0.4, 0.5) is 4.39 Å². The molecule has 0 unspecified atom stereocenters. The van der Waals surface area contributed by atoms with Gasteiger partial charge in [-0.15, -0.1) is 11.3 Å². The maximum atomic E-state index is 13.2. The minimum absolute atomic E-state index is 0.433. The van der Waals surface area contributed by atoms with Crippen LogP contribution in [0.1, 0.15) is 0 Å². The third-order valence-corrected chi connectivity index (χ3v) is 3.73. The van der Waals surface area contributed by atoms with Crippen LogP contribution in [0.15, 0.2) is 40.6 Å². The van der Waals surface area contributed by atoms with Gasteiger partial charge in [0.2, 0.25) is 0 Å². The number of hydrogen-bond donors (Lipinski definition) is 1.